The van der Waals surface area contributed by atoms with Gasteiger partial charge in [-0.25, -0.2) is 4.98 Å². The quantitative estimate of drug-likeness (QED) is 0.754. The predicted octanol–water partition coefficient (Wildman–Crippen LogP) is 4.48. The van der Waals surface area contributed by atoms with Gasteiger partial charge in [0, 0.05) is 21.3 Å². The highest BCUT2D eigenvalue weighted by Crippen LogP contribution is 2.26. The topological polar surface area (TPSA) is 34.2 Å². The van der Waals surface area contributed by atoms with Gasteiger partial charge in [-0.2, -0.15) is 0 Å². The molecule has 108 valence electrons. The Morgan fingerprint density at radius 2 is 2.00 bits per heavy atom. The van der Waals surface area contributed by atoms with Crippen LogP contribution in [0.1, 0.15) is 16.7 Å². The number of pyridine rings is 1. The third-order valence-electron chi connectivity index (χ3n) is 3.47. The van der Waals surface area contributed by atoms with Crippen molar-refractivity contribution in [2.24, 2.45) is 0 Å². The van der Waals surface area contributed by atoms with E-state index in [1.807, 2.05) is 35.7 Å². The van der Waals surface area contributed by atoms with E-state index in [4.69, 9.17) is 4.74 Å². The van der Waals surface area contributed by atoms with Crippen molar-refractivity contribution in [3.05, 3.63) is 52.3 Å². The minimum Gasteiger partial charge on any atom is -0.497 e. The van der Waals surface area contributed by atoms with Crippen LogP contribution in [-0.4, -0.2) is 12.1 Å². The van der Waals surface area contributed by atoms with Crippen molar-refractivity contribution in [3.8, 4) is 5.75 Å². The number of benzene rings is 1. The van der Waals surface area contributed by atoms with Crippen LogP contribution in [-0.2, 0) is 13.0 Å². The van der Waals surface area contributed by atoms with Crippen LogP contribution in [0.4, 0.5) is 5.82 Å². The molecular formula is C17H18N2OS. The van der Waals surface area contributed by atoms with Gasteiger partial charge in [-0.15, -0.1) is 11.3 Å². The van der Waals surface area contributed by atoms with Gasteiger partial charge in [0.1, 0.15) is 11.6 Å². The molecule has 0 atom stereocenters. The van der Waals surface area contributed by atoms with Gasteiger partial charge in [-0.3, -0.25) is 0 Å². The van der Waals surface area contributed by atoms with E-state index in [0.717, 1.165) is 35.3 Å². The first-order valence-corrected chi connectivity index (χ1v) is 7.86. The fraction of sp³-hybridized carbons (Fsp3) is 0.235. The zero-order valence-electron chi connectivity index (χ0n) is 12.2. The highest BCUT2D eigenvalue weighted by molar-refractivity contribution is 7.12. The lowest BCUT2D eigenvalue weighted by Gasteiger charge is -2.09. The first kappa shape index (κ1) is 13.9. The summed E-state index contributed by atoms with van der Waals surface area (Å²) < 4.78 is 5.30. The van der Waals surface area contributed by atoms with Gasteiger partial charge in [0.05, 0.1) is 13.7 Å². The van der Waals surface area contributed by atoms with Gasteiger partial charge in [0.15, 0.2) is 0 Å². The van der Waals surface area contributed by atoms with Gasteiger partial charge in [0.2, 0.25) is 0 Å². The summed E-state index contributed by atoms with van der Waals surface area (Å²) in [6.45, 7) is 2.98. The molecule has 0 fully saturated rings. The van der Waals surface area contributed by atoms with Crippen LogP contribution in [0.15, 0.2) is 42.6 Å². The second kappa shape index (κ2) is 6.14. The molecule has 4 heteroatoms. The van der Waals surface area contributed by atoms with E-state index in [-0.39, 0.29) is 0 Å². The predicted molar refractivity (Wildman–Crippen MR) is 89.3 cm³/mol. The summed E-state index contributed by atoms with van der Waals surface area (Å²) in [5.74, 6) is 1.75. The average Bonchev–Trinajstić information content (AvgIpc) is 3.00. The maximum atomic E-state index is 5.30. The fourth-order valence-electron chi connectivity index (χ4n) is 2.29. The smallest absolute Gasteiger partial charge is 0.134 e. The van der Waals surface area contributed by atoms with Gasteiger partial charge >= 0.3 is 0 Å². The van der Waals surface area contributed by atoms with Crippen molar-refractivity contribution in [2.45, 2.75) is 19.9 Å². The number of ether oxygens (including phenoxy) is 1. The Morgan fingerprint density at radius 1 is 1.14 bits per heavy atom. The Morgan fingerprint density at radius 3 is 2.76 bits per heavy atom. The lowest BCUT2D eigenvalue weighted by atomic mass is 10.1. The standard InChI is InChI=1S/C17H18N2OS/c1-3-14-6-7-15(21-14)11-19-17-16-10-13(20-2)5-4-12(16)8-9-18-17/h4-10H,3,11H2,1-2H3,(H,18,19). The molecule has 0 aliphatic carbocycles. The number of thiophene rings is 1. The number of fused-ring (bicyclic) bond motifs is 1. The van der Waals surface area contributed by atoms with Crippen LogP contribution in [0.2, 0.25) is 0 Å². The molecule has 3 rings (SSSR count). The van der Waals surface area contributed by atoms with Gasteiger partial charge in [-0.05, 0) is 42.1 Å². The second-order valence-electron chi connectivity index (χ2n) is 4.82. The van der Waals surface area contributed by atoms with E-state index >= 15 is 0 Å². The summed E-state index contributed by atoms with van der Waals surface area (Å²) in [7, 11) is 1.68. The summed E-state index contributed by atoms with van der Waals surface area (Å²) in [5.41, 5.74) is 0. The number of nitrogens with zero attached hydrogens (tertiary/aromatic N) is 1. The molecule has 2 aromatic heterocycles. The third-order valence-corrected chi connectivity index (χ3v) is 4.70. The number of hydrogen-bond acceptors (Lipinski definition) is 4. The molecule has 1 aromatic carbocycles. The number of aromatic nitrogens is 1. The Hall–Kier alpha value is -2.07. The van der Waals surface area contributed by atoms with Gasteiger partial charge < -0.3 is 10.1 Å². The Kier molecular flexibility index (Phi) is 4.06. The Bertz CT molecular complexity index is 751. The number of hydrogen-bond donors (Lipinski definition) is 1. The highest BCUT2D eigenvalue weighted by Gasteiger charge is 2.05. The SMILES string of the molecule is CCc1ccc(CNc2nccc3ccc(OC)cc23)s1. The van der Waals surface area contributed by atoms with Crippen LogP contribution in [0, 0.1) is 0 Å². The number of methoxy groups -OCH3 is 1. The van der Waals surface area contributed by atoms with Crippen LogP contribution < -0.4 is 10.1 Å². The molecule has 3 nitrogen and oxygen atoms in total. The van der Waals surface area contributed by atoms with Crippen LogP contribution >= 0.6 is 11.3 Å². The third kappa shape index (κ3) is 3.00. The monoisotopic (exact) mass is 298 g/mol. The molecule has 1 N–H and O–H groups in total. The number of rotatable bonds is 5. The van der Waals surface area contributed by atoms with Crippen molar-refractivity contribution in [3.63, 3.8) is 0 Å². The summed E-state index contributed by atoms with van der Waals surface area (Å²) in [6, 6.07) is 12.4. The molecule has 0 aliphatic rings. The lowest BCUT2D eigenvalue weighted by molar-refractivity contribution is 0.415. The van der Waals surface area contributed by atoms with E-state index in [9.17, 15) is 0 Å². The van der Waals surface area contributed by atoms with Crippen molar-refractivity contribution >= 4 is 27.9 Å². The molecule has 0 saturated carbocycles. The van der Waals surface area contributed by atoms with Crippen molar-refractivity contribution < 1.29 is 4.74 Å². The highest BCUT2D eigenvalue weighted by atomic mass is 32.1. The number of aryl methyl sites for hydroxylation is 1. The minimum absolute atomic E-state index is 0.800. The van der Waals surface area contributed by atoms with Crippen LogP contribution in [0.25, 0.3) is 10.8 Å². The van der Waals surface area contributed by atoms with Crippen molar-refractivity contribution in [1.82, 2.24) is 4.98 Å². The molecule has 0 amide bonds. The lowest BCUT2D eigenvalue weighted by Crippen LogP contribution is -2.00. The maximum absolute atomic E-state index is 5.30. The molecule has 0 spiro atoms. The molecule has 0 bridgehead atoms. The maximum Gasteiger partial charge on any atom is 0.134 e. The van der Waals surface area contributed by atoms with Crippen molar-refractivity contribution in [2.75, 3.05) is 12.4 Å². The summed E-state index contributed by atoms with van der Waals surface area (Å²) in [6.07, 6.45) is 2.93. The number of nitrogens with one attached hydrogen (secondary N) is 1. The van der Waals surface area contributed by atoms with Crippen LogP contribution in [0.5, 0.6) is 5.75 Å². The summed E-state index contributed by atoms with van der Waals surface area (Å²) in [4.78, 5) is 7.21. The zero-order chi connectivity index (χ0) is 14.7. The first-order chi connectivity index (χ1) is 10.3. The molecule has 3 aromatic rings. The zero-order valence-corrected chi connectivity index (χ0v) is 13.0. The van der Waals surface area contributed by atoms with E-state index in [1.54, 1.807) is 7.11 Å². The van der Waals surface area contributed by atoms with E-state index < -0.39 is 0 Å². The minimum atomic E-state index is 0.800. The fourth-order valence-corrected chi connectivity index (χ4v) is 3.19. The normalized spacial score (nSPS) is 10.8. The van der Waals surface area contributed by atoms with Gasteiger partial charge in [-0.1, -0.05) is 13.0 Å². The molecule has 21 heavy (non-hydrogen) atoms. The Balaban J connectivity index is 1.85. The number of anilines is 1. The molecule has 0 unspecified atom stereocenters. The summed E-state index contributed by atoms with van der Waals surface area (Å²) in [5, 5.41) is 5.68. The largest absolute Gasteiger partial charge is 0.497 e. The van der Waals surface area contributed by atoms with Crippen molar-refractivity contribution in [1.29, 1.82) is 0 Å². The average molecular weight is 298 g/mol. The molecule has 0 aliphatic heterocycles. The van der Waals surface area contributed by atoms with Gasteiger partial charge in [0.25, 0.3) is 0 Å². The second-order valence-corrected chi connectivity index (χ2v) is 6.07. The van der Waals surface area contributed by atoms with E-state index in [0.29, 0.717) is 0 Å². The Labute approximate surface area is 128 Å². The molecular weight excluding hydrogens is 280 g/mol. The first-order valence-electron chi connectivity index (χ1n) is 7.04. The molecule has 2 heterocycles. The van der Waals surface area contributed by atoms with E-state index in [1.165, 1.54) is 9.75 Å². The molecule has 0 saturated heterocycles. The summed E-state index contributed by atoms with van der Waals surface area (Å²) >= 11 is 1.85. The van der Waals surface area contributed by atoms with Crippen LogP contribution in [0.3, 0.4) is 0 Å². The molecule has 0 radical (unpaired) electrons. The van der Waals surface area contributed by atoms with E-state index in [2.05, 4.69) is 35.4 Å².